The van der Waals surface area contributed by atoms with Crippen molar-refractivity contribution in [3.63, 3.8) is 0 Å². The second-order valence-electron chi connectivity index (χ2n) is 4.48. The molecule has 0 fully saturated rings. The van der Waals surface area contributed by atoms with Gasteiger partial charge in [-0.15, -0.1) is 6.42 Å². The van der Waals surface area contributed by atoms with Crippen molar-refractivity contribution in [2.24, 2.45) is 0 Å². The largest absolute Gasteiger partial charge is 0.465 e. The highest BCUT2D eigenvalue weighted by Gasteiger charge is 2.10. The lowest BCUT2D eigenvalue weighted by atomic mass is 10.2. The molecular formula is C15H24N2O. The first-order chi connectivity index (χ1) is 8.71. The summed E-state index contributed by atoms with van der Waals surface area (Å²) >= 11 is 0. The smallest absolute Gasteiger partial charge is 0.118 e. The van der Waals surface area contributed by atoms with E-state index < -0.39 is 0 Å². The number of hydrogen-bond donors (Lipinski definition) is 1. The molecule has 100 valence electrons. The molecule has 3 nitrogen and oxygen atoms in total. The molecule has 1 N–H and O–H groups in total. The van der Waals surface area contributed by atoms with Crippen molar-refractivity contribution in [2.75, 3.05) is 19.6 Å². The maximum atomic E-state index is 5.74. The Morgan fingerprint density at radius 2 is 2.22 bits per heavy atom. The van der Waals surface area contributed by atoms with E-state index in [0.29, 0.717) is 6.54 Å². The van der Waals surface area contributed by atoms with Crippen LogP contribution in [-0.2, 0) is 13.1 Å². The normalized spacial score (nSPS) is 10.8. The van der Waals surface area contributed by atoms with Crippen molar-refractivity contribution in [2.45, 2.75) is 40.3 Å². The first kappa shape index (κ1) is 14.8. The SMILES string of the molecule is C#CCN(CC)Cc1cc(CNCCC)oc1C. The van der Waals surface area contributed by atoms with Crippen LogP contribution in [0.15, 0.2) is 10.5 Å². The van der Waals surface area contributed by atoms with Gasteiger partial charge in [0.2, 0.25) is 0 Å². The first-order valence-electron chi connectivity index (χ1n) is 6.65. The molecule has 0 amide bonds. The Morgan fingerprint density at radius 1 is 1.44 bits per heavy atom. The summed E-state index contributed by atoms with van der Waals surface area (Å²) in [4.78, 5) is 2.22. The Morgan fingerprint density at radius 3 is 2.83 bits per heavy atom. The Hall–Kier alpha value is -1.24. The summed E-state index contributed by atoms with van der Waals surface area (Å²) in [6.45, 7) is 10.6. The van der Waals surface area contributed by atoms with Gasteiger partial charge in [0.25, 0.3) is 0 Å². The molecule has 0 saturated carbocycles. The average Bonchev–Trinajstić information content (AvgIpc) is 2.70. The van der Waals surface area contributed by atoms with E-state index in [1.54, 1.807) is 0 Å². The van der Waals surface area contributed by atoms with Crippen LogP contribution in [0.5, 0.6) is 0 Å². The quantitative estimate of drug-likeness (QED) is 0.566. The Kier molecular flexibility index (Phi) is 6.56. The highest BCUT2D eigenvalue weighted by atomic mass is 16.3. The third-order valence-corrected chi connectivity index (χ3v) is 2.95. The van der Waals surface area contributed by atoms with Gasteiger partial charge in [-0.25, -0.2) is 0 Å². The van der Waals surface area contributed by atoms with Crippen LogP contribution in [0.4, 0.5) is 0 Å². The van der Waals surface area contributed by atoms with Crippen molar-refractivity contribution < 1.29 is 4.42 Å². The van der Waals surface area contributed by atoms with Crippen LogP contribution in [0.1, 0.15) is 37.4 Å². The number of hydrogen-bond acceptors (Lipinski definition) is 3. The summed E-state index contributed by atoms with van der Waals surface area (Å²) in [6, 6.07) is 2.14. The van der Waals surface area contributed by atoms with E-state index in [4.69, 9.17) is 10.8 Å². The number of aryl methyl sites for hydroxylation is 1. The van der Waals surface area contributed by atoms with Gasteiger partial charge in [0.05, 0.1) is 13.1 Å². The predicted molar refractivity (Wildman–Crippen MR) is 75.2 cm³/mol. The standard InChI is InChI=1S/C15H24N2O/c1-5-8-16-11-15-10-14(13(4)18-15)12-17(7-3)9-6-2/h2,10,16H,5,7-9,11-12H2,1,3-4H3. The van der Waals surface area contributed by atoms with E-state index in [-0.39, 0.29) is 0 Å². The van der Waals surface area contributed by atoms with Crippen LogP contribution in [0, 0.1) is 19.3 Å². The molecule has 0 bridgehead atoms. The minimum atomic E-state index is 0.685. The van der Waals surface area contributed by atoms with Gasteiger partial charge in [-0.2, -0.15) is 0 Å². The molecule has 0 saturated heterocycles. The van der Waals surface area contributed by atoms with E-state index in [9.17, 15) is 0 Å². The molecule has 1 rings (SSSR count). The fourth-order valence-corrected chi connectivity index (χ4v) is 1.87. The summed E-state index contributed by atoms with van der Waals surface area (Å²) < 4.78 is 5.74. The second kappa shape index (κ2) is 7.97. The van der Waals surface area contributed by atoms with Crippen LogP contribution >= 0.6 is 0 Å². The molecule has 0 unspecified atom stereocenters. The zero-order valence-electron chi connectivity index (χ0n) is 11.8. The van der Waals surface area contributed by atoms with E-state index >= 15 is 0 Å². The molecular weight excluding hydrogens is 224 g/mol. The summed E-state index contributed by atoms with van der Waals surface area (Å²) in [5.41, 5.74) is 1.24. The summed E-state index contributed by atoms with van der Waals surface area (Å²) in [6.07, 6.45) is 6.50. The van der Waals surface area contributed by atoms with E-state index in [2.05, 4.69) is 36.1 Å². The average molecular weight is 248 g/mol. The van der Waals surface area contributed by atoms with Gasteiger partial charge in [0.15, 0.2) is 0 Å². The molecule has 1 aromatic heterocycles. The molecule has 0 spiro atoms. The Bertz CT molecular complexity index is 390. The molecule has 1 aromatic rings. The van der Waals surface area contributed by atoms with Crippen molar-refractivity contribution in [1.29, 1.82) is 0 Å². The van der Waals surface area contributed by atoms with E-state index in [0.717, 1.165) is 44.1 Å². The van der Waals surface area contributed by atoms with Gasteiger partial charge in [-0.05, 0) is 32.5 Å². The molecule has 1 heterocycles. The number of rotatable bonds is 8. The number of nitrogens with zero attached hydrogens (tertiary/aromatic N) is 1. The number of furan rings is 1. The fourth-order valence-electron chi connectivity index (χ4n) is 1.87. The third-order valence-electron chi connectivity index (χ3n) is 2.95. The highest BCUT2D eigenvalue weighted by Crippen LogP contribution is 2.16. The maximum Gasteiger partial charge on any atom is 0.118 e. The van der Waals surface area contributed by atoms with Gasteiger partial charge in [-0.3, -0.25) is 4.90 Å². The van der Waals surface area contributed by atoms with Gasteiger partial charge in [0, 0.05) is 12.1 Å². The molecule has 0 aliphatic carbocycles. The summed E-state index contributed by atoms with van der Waals surface area (Å²) in [7, 11) is 0. The molecule has 18 heavy (non-hydrogen) atoms. The van der Waals surface area contributed by atoms with Crippen molar-refractivity contribution in [1.82, 2.24) is 10.2 Å². The molecule has 0 atom stereocenters. The second-order valence-corrected chi connectivity index (χ2v) is 4.48. The zero-order chi connectivity index (χ0) is 13.4. The third kappa shape index (κ3) is 4.56. The highest BCUT2D eigenvalue weighted by molar-refractivity contribution is 5.21. The monoisotopic (exact) mass is 248 g/mol. The van der Waals surface area contributed by atoms with Crippen LogP contribution in [0.2, 0.25) is 0 Å². The van der Waals surface area contributed by atoms with E-state index in [1.807, 2.05) is 6.92 Å². The van der Waals surface area contributed by atoms with Crippen molar-refractivity contribution in [3.8, 4) is 12.3 Å². The molecule has 0 aromatic carbocycles. The number of nitrogens with one attached hydrogen (secondary N) is 1. The van der Waals surface area contributed by atoms with Gasteiger partial charge >= 0.3 is 0 Å². The van der Waals surface area contributed by atoms with Crippen LogP contribution in [0.25, 0.3) is 0 Å². The van der Waals surface area contributed by atoms with Crippen LogP contribution in [-0.4, -0.2) is 24.5 Å². The first-order valence-corrected chi connectivity index (χ1v) is 6.65. The van der Waals surface area contributed by atoms with Crippen LogP contribution < -0.4 is 5.32 Å². The Labute approximate surface area is 111 Å². The maximum absolute atomic E-state index is 5.74. The minimum absolute atomic E-state index is 0.685. The molecule has 0 radical (unpaired) electrons. The lowest BCUT2D eigenvalue weighted by Crippen LogP contribution is -2.23. The molecule has 0 aliphatic heterocycles. The lowest BCUT2D eigenvalue weighted by molar-refractivity contribution is 0.313. The van der Waals surface area contributed by atoms with Gasteiger partial charge in [-0.1, -0.05) is 19.8 Å². The summed E-state index contributed by atoms with van der Waals surface area (Å²) in [5.74, 6) is 4.70. The molecule has 3 heteroatoms. The topological polar surface area (TPSA) is 28.4 Å². The lowest BCUT2D eigenvalue weighted by Gasteiger charge is -2.16. The fraction of sp³-hybridized carbons (Fsp3) is 0.600. The minimum Gasteiger partial charge on any atom is -0.465 e. The Balaban J connectivity index is 2.58. The van der Waals surface area contributed by atoms with Gasteiger partial charge < -0.3 is 9.73 Å². The van der Waals surface area contributed by atoms with E-state index in [1.165, 1.54) is 5.56 Å². The number of terminal acetylenes is 1. The van der Waals surface area contributed by atoms with Crippen molar-refractivity contribution in [3.05, 3.63) is 23.2 Å². The predicted octanol–water partition coefficient (Wildman–Crippen LogP) is 2.54. The van der Waals surface area contributed by atoms with Gasteiger partial charge in [0.1, 0.15) is 11.5 Å². The molecule has 0 aliphatic rings. The zero-order valence-corrected chi connectivity index (χ0v) is 11.8. The van der Waals surface area contributed by atoms with Crippen LogP contribution in [0.3, 0.4) is 0 Å². The summed E-state index contributed by atoms with van der Waals surface area (Å²) in [5, 5.41) is 3.34. The van der Waals surface area contributed by atoms with Crippen molar-refractivity contribution >= 4 is 0 Å².